The van der Waals surface area contributed by atoms with Crippen molar-refractivity contribution in [3.63, 3.8) is 0 Å². The number of ether oxygens (including phenoxy) is 1. The van der Waals surface area contributed by atoms with Crippen LogP contribution in [-0.4, -0.2) is 17.1 Å². The summed E-state index contributed by atoms with van der Waals surface area (Å²) < 4.78 is 5.14. The molecule has 1 N–H and O–H groups in total. The van der Waals surface area contributed by atoms with Crippen LogP contribution in [0.2, 0.25) is 0 Å². The highest BCUT2D eigenvalue weighted by atomic mass is 16.5. The molecule has 4 heteroatoms. The number of methoxy groups -OCH3 is 1. The maximum absolute atomic E-state index is 11.4. The van der Waals surface area contributed by atoms with Gasteiger partial charge >= 0.3 is 0 Å². The van der Waals surface area contributed by atoms with Gasteiger partial charge in [0.15, 0.2) is 0 Å². The Balaban J connectivity index is 2.23. The third kappa shape index (κ3) is 2.08. The van der Waals surface area contributed by atoms with Gasteiger partial charge in [-0.25, -0.2) is 4.98 Å². The minimum atomic E-state index is -0.200. The summed E-state index contributed by atoms with van der Waals surface area (Å²) in [7, 11) is 1.63. The first-order valence-electron chi connectivity index (χ1n) is 5.90. The molecule has 3 rings (SSSR count). The van der Waals surface area contributed by atoms with Crippen molar-refractivity contribution >= 4 is 11.0 Å². The number of nitrogens with zero attached hydrogens (tertiary/aromatic N) is 1. The van der Waals surface area contributed by atoms with Gasteiger partial charge < -0.3 is 9.72 Å². The maximum atomic E-state index is 11.4. The van der Waals surface area contributed by atoms with Crippen LogP contribution in [0.25, 0.3) is 22.2 Å². The van der Waals surface area contributed by atoms with Crippen molar-refractivity contribution < 1.29 is 4.74 Å². The second kappa shape index (κ2) is 4.57. The highest BCUT2D eigenvalue weighted by Crippen LogP contribution is 2.27. The van der Waals surface area contributed by atoms with E-state index in [-0.39, 0.29) is 5.56 Å². The van der Waals surface area contributed by atoms with Gasteiger partial charge in [0.05, 0.1) is 24.3 Å². The molecule has 0 radical (unpaired) electrons. The van der Waals surface area contributed by atoms with Crippen molar-refractivity contribution in [1.82, 2.24) is 9.97 Å². The average Bonchev–Trinajstić information content (AvgIpc) is 2.47. The fourth-order valence-corrected chi connectivity index (χ4v) is 2.07. The standard InChI is InChI=1S/C15H12N2O2/c1-19-11-7-5-10(6-8-11)12-3-2-4-13-15(12)17-14(18)9-16-13/h2-9H,1H3,(H,17,18). The summed E-state index contributed by atoms with van der Waals surface area (Å²) in [5.74, 6) is 0.801. The number of hydrogen-bond acceptors (Lipinski definition) is 3. The van der Waals surface area contributed by atoms with Gasteiger partial charge in [-0.1, -0.05) is 24.3 Å². The fourth-order valence-electron chi connectivity index (χ4n) is 2.07. The summed E-state index contributed by atoms with van der Waals surface area (Å²) >= 11 is 0. The van der Waals surface area contributed by atoms with E-state index in [1.807, 2.05) is 42.5 Å². The zero-order chi connectivity index (χ0) is 13.2. The number of aromatic nitrogens is 2. The SMILES string of the molecule is COc1ccc(-c2cccc3ncc(=O)[nH]c23)cc1. The van der Waals surface area contributed by atoms with E-state index in [1.54, 1.807) is 7.11 Å². The Labute approximate surface area is 109 Å². The van der Waals surface area contributed by atoms with Gasteiger partial charge in [-0.2, -0.15) is 0 Å². The van der Waals surface area contributed by atoms with E-state index >= 15 is 0 Å². The Kier molecular flexibility index (Phi) is 2.76. The third-order valence-corrected chi connectivity index (χ3v) is 3.01. The van der Waals surface area contributed by atoms with Crippen LogP contribution in [0.5, 0.6) is 5.75 Å². The zero-order valence-electron chi connectivity index (χ0n) is 10.4. The van der Waals surface area contributed by atoms with Crippen LogP contribution in [-0.2, 0) is 0 Å². The van der Waals surface area contributed by atoms with Gasteiger partial charge in [-0.3, -0.25) is 4.79 Å². The molecule has 0 aliphatic rings. The average molecular weight is 252 g/mol. The first-order chi connectivity index (χ1) is 9.28. The lowest BCUT2D eigenvalue weighted by atomic mass is 10.0. The molecule has 1 heterocycles. The number of H-pyrrole nitrogens is 1. The third-order valence-electron chi connectivity index (χ3n) is 3.01. The monoisotopic (exact) mass is 252 g/mol. The number of fused-ring (bicyclic) bond motifs is 1. The largest absolute Gasteiger partial charge is 0.497 e. The van der Waals surface area contributed by atoms with Gasteiger partial charge in [0.1, 0.15) is 5.75 Å². The Bertz CT molecular complexity index is 776. The van der Waals surface area contributed by atoms with Gasteiger partial charge in [0.25, 0.3) is 5.56 Å². The molecule has 0 bridgehead atoms. The van der Waals surface area contributed by atoms with Gasteiger partial charge in [-0.05, 0) is 23.8 Å². The molecule has 0 aliphatic heterocycles. The second-order valence-corrected chi connectivity index (χ2v) is 4.18. The van der Waals surface area contributed by atoms with Crippen LogP contribution in [0.4, 0.5) is 0 Å². The molecular weight excluding hydrogens is 240 g/mol. The molecule has 0 aliphatic carbocycles. The summed E-state index contributed by atoms with van der Waals surface area (Å²) in [6.45, 7) is 0. The van der Waals surface area contributed by atoms with Crippen molar-refractivity contribution in [2.75, 3.05) is 7.11 Å². The minimum absolute atomic E-state index is 0.200. The summed E-state index contributed by atoms with van der Waals surface area (Å²) in [5, 5.41) is 0. The predicted molar refractivity (Wildman–Crippen MR) is 74.4 cm³/mol. The molecule has 94 valence electrons. The quantitative estimate of drug-likeness (QED) is 0.762. The molecule has 0 atom stereocenters. The lowest BCUT2D eigenvalue weighted by molar-refractivity contribution is 0.415. The van der Waals surface area contributed by atoms with Crippen molar-refractivity contribution in [3.8, 4) is 16.9 Å². The number of para-hydroxylation sites is 1. The predicted octanol–water partition coefficient (Wildman–Crippen LogP) is 2.60. The lowest BCUT2D eigenvalue weighted by Gasteiger charge is -2.06. The number of hydrogen-bond donors (Lipinski definition) is 1. The first kappa shape index (κ1) is 11.5. The number of rotatable bonds is 2. The smallest absolute Gasteiger partial charge is 0.266 e. The van der Waals surface area contributed by atoms with Gasteiger partial charge in [0, 0.05) is 5.56 Å². The molecular formula is C15H12N2O2. The normalized spacial score (nSPS) is 10.6. The van der Waals surface area contributed by atoms with Crippen LogP contribution in [0.3, 0.4) is 0 Å². The van der Waals surface area contributed by atoms with Crippen LogP contribution in [0.15, 0.2) is 53.5 Å². The number of nitrogens with one attached hydrogen (secondary N) is 1. The highest BCUT2D eigenvalue weighted by Gasteiger charge is 2.05. The van der Waals surface area contributed by atoms with Crippen LogP contribution >= 0.6 is 0 Å². The van der Waals surface area contributed by atoms with Crippen LogP contribution in [0, 0.1) is 0 Å². The van der Waals surface area contributed by atoms with E-state index in [4.69, 9.17) is 4.74 Å². The van der Waals surface area contributed by atoms with Crippen LogP contribution < -0.4 is 10.3 Å². The lowest BCUT2D eigenvalue weighted by Crippen LogP contribution is -2.05. The van der Waals surface area contributed by atoms with Crippen molar-refractivity contribution in [2.45, 2.75) is 0 Å². The topological polar surface area (TPSA) is 55.0 Å². The Morgan fingerprint density at radius 3 is 2.63 bits per heavy atom. The maximum Gasteiger partial charge on any atom is 0.266 e. The molecule has 1 aromatic heterocycles. The molecule has 4 nitrogen and oxygen atoms in total. The Morgan fingerprint density at radius 2 is 1.89 bits per heavy atom. The molecule has 0 fully saturated rings. The number of aromatic amines is 1. The van der Waals surface area contributed by atoms with Crippen molar-refractivity contribution in [3.05, 3.63) is 59.0 Å². The second-order valence-electron chi connectivity index (χ2n) is 4.18. The van der Waals surface area contributed by atoms with Gasteiger partial charge in [-0.15, -0.1) is 0 Å². The molecule has 3 aromatic rings. The minimum Gasteiger partial charge on any atom is -0.497 e. The molecule has 0 saturated carbocycles. The summed E-state index contributed by atoms with van der Waals surface area (Å²) in [5.41, 5.74) is 3.28. The molecule has 19 heavy (non-hydrogen) atoms. The zero-order valence-corrected chi connectivity index (χ0v) is 10.4. The Hall–Kier alpha value is -2.62. The molecule has 0 spiro atoms. The van der Waals surface area contributed by atoms with Crippen molar-refractivity contribution in [2.24, 2.45) is 0 Å². The molecule has 0 saturated heterocycles. The van der Waals surface area contributed by atoms with E-state index in [2.05, 4.69) is 9.97 Å². The Morgan fingerprint density at radius 1 is 1.11 bits per heavy atom. The van der Waals surface area contributed by atoms with E-state index in [9.17, 15) is 4.79 Å². The summed E-state index contributed by atoms with van der Waals surface area (Å²) in [6, 6.07) is 13.5. The van der Waals surface area contributed by atoms with E-state index < -0.39 is 0 Å². The first-order valence-corrected chi connectivity index (χ1v) is 5.90. The van der Waals surface area contributed by atoms with E-state index in [0.29, 0.717) is 0 Å². The van der Waals surface area contributed by atoms with Gasteiger partial charge in [0.2, 0.25) is 0 Å². The molecule has 2 aromatic carbocycles. The molecule has 0 amide bonds. The van der Waals surface area contributed by atoms with Crippen molar-refractivity contribution in [1.29, 1.82) is 0 Å². The fraction of sp³-hybridized carbons (Fsp3) is 0.0667. The highest BCUT2D eigenvalue weighted by molar-refractivity contribution is 5.91. The molecule has 0 unspecified atom stereocenters. The summed E-state index contributed by atoms with van der Waals surface area (Å²) in [4.78, 5) is 18.4. The summed E-state index contributed by atoms with van der Waals surface area (Å²) in [6.07, 6.45) is 1.29. The van der Waals surface area contributed by atoms with E-state index in [0.717, 1.165) is 27.9 Å². The van der Waals surface area contributed by atoms with E-state index in [1.165, 1.54) is 6.20 Å². The van der Waals surface area contributed by atoms with Crippen LogP contribution in [0.1, 0.15) is 0 Å². The number of benzene rings is 2.